The number of aromatic nitrogens is 2. The lowest BCUT2D eigenvalue weighted by molar-refractivity contribution is 0.131. The minimum atomic E-state index is -1.10. The molecule has 4 unspecified atom stereocenters. The van der Waals surface area contributed by atoms with Gasteiger partial charge in [0.05, 0.1) is 19.8 Å². The Morgan fingerprint density at radius 1 is 0.913 bits per heavy atom. The Morgan fingerprint density at radius 2 is 1.67 bits per heavy atom. The van der Waals surface area contributed by atoms with Gasteiger partial charge in [-0.1, -0.05) is 12.1 Å². The van der Waals surface area contributed by atoms with Crippen molar-refractivity contribution in [1.29, 1.82) is 0 Å². The lowest BCUT2D eigenvalue weighted by Gasteiger charge is -2.34. The van der Waals surface area contributed by atoms with Crippen molar-refractivity contribution in [3.8, 4) is 22.9 Å². The second-order valence-electron chi connectivity index (χ2n) is 14.2. The maximum atomic E-state index is 16.7. The zero-order chi connectivity index (χ0) is 31.2. The molecule has 1 aliphatic carbocycles. The van der Waals surface area contributed by atoms with E-state index in [1.165, 1.54) is 24.3 Å². The Morgan fingerprint density at radius 3 is 2.41 bits per heavy atom. The minimum Gasteiger partial charge on any atom is -0.508 e. The average molecular weight is 632 g/mol. The minimum absolute atomic E-state index is 0.0103. The summed E-state index contributed by atoms with van der Waals surface area (Å²) in [5.74, 6) is -1.19. The first-order valence-corrected chi connectivity index (χ1v) is 16.4. The van der Waals surface area contributed by atoms with Crippen LogP contribution < -0.4 is 15.0 Å². The summed E-state index contributed by atoms with van der Waals surface area (Å²) in [5, 5.41) is 14.8. The highest BCUT2D eigenvalue weighted by molar-refractivity contribution is 6.01. The molecule has 3 aromatic carbocycles. The summed E-state index contributed by atoms with van der Waals surface area (Å²) in [4.78, 5) is 14.2. The molecule has 4 aliphatic heterocycles. The van der Waals surface area contributed by atoms with Gasteiger partial charge < -0.3 is 29.7 Å². The molecule has 1 saturated carbocycles. The number of hydrogen-bond donors (Lipinski definition) is 2. The Labute approximate surface area is 264 Å². The van der Waals surface area contributed by atoms with Crippen molar-refractivity contribution in [3.63, 3.8) is 0 Å². The van der Waals surface area contributed by atoms with Crippen molar-refractivity contribution >= 4 is 27.5 Å². The van der Waals surface area contributed by atoms with E-state index in [0.717, 1.165) is 77.7 Å². The first-order valence-electron chi connectivity index (χ1n) is 16.4. The molecule has 4 saturated heterocycles. The van der Waals surface area contributed by atoms with E-state index in [-0.39, 0.29) is 44.6 Å². The third-order valence-electron chi connectivity index (χ3n) is 10.9. The quantitative estimate of drug-likeness (QED) is 0.286. The van der Waals surface area contributed by atoms with Gasteiger partial charge in [-0.3, -0.25) is 0 Å². The van der Waals surface area contributed by atoms with E-state index in [9.17, 15) is 9.50 Å². The first kappa shape index (κ1) is 28.5. The number of anilines is 1. The van der Waals surface area contributed by atoms with Gasteiger partial charge in [-0.25, -0.2) is 13.2 Å². The van der Waals surface area contributed by atoms with Gasteiger partial charge in [-0.15, -0.1) is 0 Å². The van der Waals surface area contributed by atoms with Crippen molar-refractivity contribution in [3.05, 3.63) is 53.8 Å². The topological polar surface area (TPSA) is 83.0 Å². The van der Waals surface area contributed by atoms with E-state index in [1.54, 1.807) is 6.07 Å². The van der Waals surface area contributed by atoms with Crippen LogP contribution in [0.4, 0.5) is 19.0 Å². The van der Waals surface area contributed by atoms with Crippen LogP contribution in [0, 0.1) is 34.7 Å². The number of phenolic OH excluding ortho intramolecular Hbond substituents is 1. The number of benzene rings is 3. The molecule has 0 amide bonds. The molecular formula is C35H36F3N5O3. The van der Waals surface area contributed by atoms with E-state index < -0.39 is 17.5 Å². The van der Waals surface area contributed by atoms with Crippen LogP contribution in [0.3, 0.4) is 0 Å². The van der Waals surface area contributed by atoms with Crippen molar-refractivity contribution in [2.45, 2.75) is 37.8 Å². The van der Waals surface area contributed by atoms with E-state index in [2.05, 4.69) is 20.1 Å². The average Bonchev–Trinajstić information content (AvgIpc) is 3.29. The molecule has 2 N–H and O–H groups in total. The van der Waals surface area contributed by atoms with Crippen LogP contribution in [0.2, 0.25) is 0 Å². The van der Waals surface area contributed by atoms with E-state index in [4.69, 9.17) is 14.5 Å². The molecule has 4 atom stereocenters. The maximum absolute atomic E-state index is 16.7. The van der Waals surface area contributed by atoms with Gasteiger partial charge in [0.25, 0.3) is 0 Å². The summed E-state index contributed by atoms with van der Waals surface area (Å²) in [6.45, 7) is 6.66. The Hall–Kier alpha value is -3.67. The molecule has 11 heteroatoms. The fraction of sp³-hybridized carbons (Fsp3) is 0.486. The number of halogens is 3. The number of nitrogens with one attached hydrogen (secondary N) is 1. The van der Waals surface area contributed by atoms with E-state index in [1.807, 2.05) is 0 Å². The SMILES string of the molecule is Oc1cc(-c2ccc3c(N4CC5CCC(C4)N5)nc(OCC4(CN5CC6COCC6C5)CC4)nc3c2F)c2c(F)c(F)ccc2c1. The van der Waals surface area contributed by atoms with E-state index in [0.29, 0.717) is 41.7 Å². The number of hydrogen-bond acceptors (Lipinski definition) is 8. The second kappa shape index (κ2) is 10.7. The molecule has 5 fully saturated rings. The highest BCUT2D eigenvalue weighted by Gasteiger charge is 2.48. The molecule has 0 radical (unpaired) electrons. The molecular weight excluding hydrogens is 595 g/mol. The standard InChI is InChI=1S/C35H36F3N5O3/c36-28-6-1-19-9-24(44)10-27(29(19)31(28)38)25-4-5-26-32(30(25)37)40-34(41-33(26)43-13-22-2-3-23(14-43)39-22)46-18-35(7-8-35)17-42-11-20-15-45-16-21(20)12-42/h1,4-6,9-10,20-23,39,44H,2-3,7-8,11-18H2. The number of ether oxygens (including phenoxy) is 2. The number of phenols is 1. The van der Waals surface area contributed by atoms with E-state index >= 15 is 8.78 Å². The summed E-state index contributed by atoms with van der Waals surface area (Å²) in [6.07, 6.45) is 4.27. The molecule has 1 aromatic heterocycles. The number of piperazine rings is 1. The van der Waals surface area contributed by atoms with Crippen LogP contribution >= 0.6 is 0 Å². The molecule has 8 nitrogen and oxygen atoms in total. The lowest BCUT2D eigenvalue weighted by atomic mass is 9.95. The monoisotopic (exact) mass is 631 g/mol. The summed E-state index contributed by atoms with van der Waals surface area (Å²) in [6, 6.07) is 9.01. The number of likely N-dealkylation sites (tertiary alicyclic amines) is 1. The van der Waals surface area contributed by atoms with Crippen LogP contribution in [0.5, 0.6) is 11.8 Å². The summed E-state index contributed by atoms with van der Waals surface area (Å²) < 4.78 is 58.2. The number of fused-ring (bicyclic) bond motifs is 5. The number of nitrogens with zero attached hydrogens (tertiary/aromatic N) is 4. The highest BCUT2D eigenvalue weighted by atomic mass is 19.2. The lowest BCUT2D eigenvalue weighted by Crippen LogP contribution is -2.51. The molecule has 4 aromatic rings. The van der Waals surface area contributed by atoms with Crippen molar-refractivity contribution in [2.24, 2.45) is 17.3 Å². The van der Waals surface area contributed by atoms with Gasteiger partial charge in [0, 0.05) is 78.4 Å². The fourth-order valence-electron chi connectivity index (χ4n) is 8.33. The van der Waals surface area contributed by atoms with Crippen molar-refractivity contribution < 1.29 is 27.8 Å². The van der Waals surface area contributed by atoms with Crippen LogP contribution in [0.1, 0.15) is 25.7 Å². The maximum Gasteiger partial charge on any atom is 0.319 e. The van der Waals surface area contributed by atoms with Crippen molar-refractivity contribution in [1.82, 2.24) is 20.2 Å². The molecule has 46 heavy (non-hydrogen) atoms. The zero-order valence-corrected chi connectivity index (χ0v) is 25.4. The Bertz CT molecular complexity index is 1850. The van der Waals surface area contributed by atoms with Gasteiger partial charge in [-0.2, -0.15) is 9.97 Å². The predicted molar refractivity (Wildman–Crippen MR) is 168 cm³/mol. The highest BCUT2D eigenvalue weighted by Crippen LogP contribution is 2.48. The van der Waals surface area contributed by atoms with Gasteiger partial charge in [0.1, 0.15) is 17.1 Å². The van der Waals surface area contributed by atoms with Crippen molar-refractivity contribution in [2.75, 3.05) is 57.4 Å². The summed E-state index contributed by atoms with van der Waals surface area (Å²) in [7, 11) is 0. The molecule has 240 valence electrons. The normalized spacial score (nSPS) is 26.7. The fourth-order valence-corrected chi connectivity index (χ4v) is 8.33. The Balaban J connectivity index is 1.09. The second-order valence-corrected chi connectivity index (χ2v) is 14.2. The first-order chi connectivity index (χ1) is 22.3. The number of aromatic hydroxyl groups is 1. The van der Waals surface area contributed by atoms with Crippen LogP contribution in [0.25, 0.3) is 32.8 Å². The van der Waals surface area contributed by atoms with Gasteiger partial charge in [-0.05, 0) is 60.9 Å². The molecule has 0 spiro atoms. The molecule has 9 rings (SSSR count). The summed E-state index contributed by atoms with van der Waals surface area (Å²) >= 11 is 0. The predicted octanol–water partition coefficient (Wildman–Crippen LogP) is 5.25. The Kier molecular flexibility index (Phi) is 6.63. The van der Waals surface area contributed by atoms with Gasteiger partial charge >= 0.3 is 6.01 Å². The van der Waals surface area contributed by atoms with Gasteiger partial charge in [0.2, 0.25) is 0 Å². The third-order valence-corrected chi connectivity index (χ3v) is 10.9. The summed E-state index contributed by atoms with van der Waals surface area (Å²) in [5.41, 5.74) is 0.131. The molecule has 5 aliphatic rings. The van der Waals surface area contributed by atoms with Crippen LogP contribution in [0.15, 0.2) is 36.4 Å². The van der Waals surface area contributed by atoms with Crippen LogP contribution in [-0.2, 0) is 4.74 Å². The smallest absolute Gasteiger partial charge is 0.319 e. The van der Waals surface area contributed by atoms with Gasteiger partial charge in [0.15, 0.2) is 17.5 Å². The zero-order valence-electron chi connectivity index (χ0n) is 25.4. The van der Waals surface area contributed by atoms with Crippen LogP contribution in [-0.4, -0.2) is 84.6 Å². The third kappa shape index (κ3) is 4.86. The molecule has 5 heterocycles. The molecule has 2 bridgehead atoms. The largest absolute Gasteiger partial charge is 0.508 e. The number of rotatable bonds is 7.